The van der Waals surface area contributed by atoms with Crippen LogP contribution in [0.4, 0.5) is 5.69 Å². The monoisotopic (exact) mass is 503 g/mol. The van der Waals surface area contributed by atoms with Crippen LogP contribution in [0.3, 0.4) is 0 Å². The van der Waals surface area contributed by atoms with Crippen LogP contribution in [0.2, 0.25) is 5.02 Å². The summed E-state index contributed by atoms with van der Waals surface area (Å²) in [6.07, 6.45) is 7.06. The number of aromatic nitrogens is 5. The Morgan fingerprint density at radius 2 is 1.50 bits per heavy atom. The van der Waals surface area contributed by atoms with Gasteiger partial charge in [0.25, 0.3) is 0 Å². The maximum Gasteiger partial charge on any atom is 0.159 e. The number of nitrogens with zero attached hydrogens (tertiary/aromatic N) is 7. The minimum atomic E-state index is 0.636. The number of anilines is 1. The van der Waals surface area contributed by atoms with Gasteiger partial charge in [-0.05, 0) is 5.56 Å². The maximum atomic E-state index is 6.67. The van der Waals surface area contributed by atoms with Crippen molar-refractivity contribution < 1.29 is 0 Å². The third-order valence-electron chi connectivity index (χ3n) is 6.99. The van der Waals surface area contributed by atoms with E-state index in [4.69, 9.17) is 16.6 Å². The van der Waals surface area contributed by atoms with Gasteiger partial charge in [-0.15, -0.1) is 0 Å². The Morgan fingerprint density at radius 1 is 0.806 bits per heavy atom. The number of pyridine rings is 1. The summed E-state index contributed by atoms with van der Waals surface area (Å²) in [5.41, 5.74) is 6.05. The highest BCUT2D eigenvalue weighted by molar-refractivity contribution is 6.34. The van der Waals surface area contributed by atoms with Crippen LogP contribution in [0, 0.1) is 0 Å². The number of benzene rings is 1. The fourth-order valence-corrected chi connectivity index (χ4v) is 5.31. The summed E-state index contributed by atoms with van der Waals surface area (Å²) in [5, 5.41) is 4.04. The van der Waals surface area contributed by atoms with Gasteiger partial charge >= 0.3 is 0 Å². The van der Waals surface area contributed by atoms with Gasteiger partial charge in [-0.1, -0.05) is 35.9 Å². The number of fused-ring (bicyclic) bond motifs is 1. The van der Waals surface area contributed by atoms with Gasteiger partial charge in [-0.25, -0.2) is 19.9 Å². The van der Waals surface area contributed by atoms with Gasteiger partial charge in [-0.3, -0.25) is 9.80 Å². The van der Waals surface area contributed by atoms with Gasteiger partial charge in [-0.2, -0.15) is 0 Å². The number of rotatable bonds is 6. The molecule has 1 aromatic carbocycles. The molecule has 186 valence electrons. The van der Waals surface area contributed by atoms with Crippen molar-refractivity contribution in [2.24, 2.45) is 0 Å². The summed E-state index contributed by atoms with van der Waals surface area (Å²) in [6, 6.07) is 8.68. The second kappa shape index (κ2) is 10.5. The summed E-state index contributed by atoms with van der Waals surface area (Å²) in [6.45, 7) is 9.74. The molecular weight excluding hydrogens is 474 g/mol. The Hall–Kier alpha value is -3.11. The summed E-state index contributed by atoms with van der Waals surface area (Å²) in [5.74, 6) is 0.817. The average Bonchev–Trinajstić information content (AvgIpc) is 3.35. The van der Waals surface area contributed by atoms with Crippen LogP contribution in [0.15, 0.2) is 49.2 Å². The fraction of sp³-hybridized carbons (Fsp3) is 0.385. The van der Waals surface area contributed by atoms with E-state index < -0.39 is 0 Å². The topological polar surface area (TPSA) is 89.1 Å². The fourth-order valence-electron chi connectivity index (χ4n) is 5.05. The first-order chi connectivity index (χ1) is 17.7. The van der Waals surface area contributed by atoms with Gasteiger partial charge in [0, 0.05) is 89.0 Å². The lowest BCUT2D eigenvalue weighted by Crippen LogP contribution is -2.46. The highest BCUT2D eigenvalue weighted by Gasteiger charge is 2.23. The number of aromatic amines is 1. The number of hydrogen-bond acceptors (Lipinski definition) is 8. The summed E-state index contributed by atoms with van der Waals surface area (Å²) in [7, 11) is 0. The molecule has 9 nitrogen and oxygen atoms in total. The second-order valence-electron chi connectivity index (χ2n) is 9.47. The van der Waals surface area contributed by atoms with E-state index in [0.29, 0.717) is 5.02 Å². The van der Waals surface area contributed by atoms with E-state index in [1.54, 1.807) is 12.5 Å². The normalized spacial score (nSPS) is 17.6. The highest BCUT2D eigenvalue weighted by atomic mass is 35.5. The largest absolute Gasteiger partial charge is 0.366 e. The SMILES string of the molecule is Clc1cnc2[nH]c(-c3ccc(CN4CCNCC4)cc3)nc2c1N1CCN(Cc2cncnc2)CC1. The molecular formula is C26H30ClN9. The molecule has 5 heterocycles. The van der Waals surface area contributed by atoms with E-state index in [2.05, 4.69) is 64.2 Å². The molecule has 2 aliphatic rings. The van der Waals surface area contributed by atoms with Crippen molar-refractivity contribution in [3.63, 3.8) is 0 Å². The van der Waals surface area contributed by atoms with Gasteiger partial charge in [0.15, 0.2) is 5.65 Å². The Balaban J connectivity index is 1.18. The van der Waals surface area contributed by atoms with Gasteiger partial charge in [0.2, 0.25) is 0 Å². The number of H-pyrrole nitrogens is 1. The lowest BCUT2D eigenvalue weighted by Gasteiger charge is -2.36. The smallest absolute Gasteiger partial charge is 0.159 e. The molecule has 10 heteroatoms. The van der Waals surface area contributed by atoms with Crippen molar-refractivity contribution in [3.05, 3.63) is 65.3 Å². The van der Waals surface area contributed by atoms with Crippen molar-refractivity contribution in [3.8, 4) is 11.4 Å². The predicted molar refractivity (Wildman–Crippen MR) is 142 cm³/mol. The molecule has 2 aliphatic heterocycles. The number of imidazole rings is 1. The van der Waals surface area contributed by atoms with Crippen molar-refractivity contribution in [2.45, 2.75) is 13.1 Å². The zero-order valence-corrected chi connectivity index (χ0v) is 21.0. The van der Waals surface area contributed by atoms with Crippen molar-refractivity contribution in [2.75, 3.05) is 57.3 Å². The minimum absolute atomic E-state index is 0.636. The van der Waals surface area contributed by atoms with Crippen LogP contribution in [0.1, 0.15) is 11.1 Å². The third kappa shape index (κ3) is 5.05. The number of nitrogens with one attached hydrogen (secondary N) is 2. The zero-order valence-electron chi connectivity index (χ0n) is 20.2. The number of hydrogen-bond donors (Lipinski definition) is 2. The Labute approximate surface area is 215 Å². The molecule has 2 saturated heterocycles. The number of halogens is 1. The molecule has 2 N–H and O–H groups in total. The minimum Gasteiger partial charge on any atom is -0.366 e. The Bertz CT molecular complexity index is 1290. The molecule has 0 aliphatic carbocycles. The summed E-state index contributed by atoms with van der Waals surface area (Å²) >= 11 is 6.67. The van der Waals surface area contributed by atoms with Crippen LogP contribution in [0.5, 0.6) is 0 Å². The number of piperazine rings is 2. The first-order valence-corrected chi connectivity index (χ1v) is 12.9. The molecule has 0 saturated carbocycles. The Morgan fingerprint density at radius 3 is 2.25 bits per heavy atom. The maximum absolute atomic E-state index is 6.67. The van der Waals surface area contributed by atoms with Crippen LogP contribution < -0.4 is 10.2 Å². The average molecular weight is 504 g/mol. The zero-order chi connectivity index (χ0) is 24.3. The molecule has 0 unspecified atom stereocenters. The summed E-state index contributed by atoms with van der Waals surface area (Å²) in [4.78, 5) is 28.4. The molecule has 6 rings (SSSR count). The van der Waals surface area contributed by atoms with Crippen molar-refractivity contribution in [1.29, 1.82) is 0 Å². The van der Waals surface area contributed by atoms with Gasteiger partial charge in [0.05, 0.1) is 16.9 Å². The third-order valence-corrected chi connectivity index (χ3v) is 7.27. The first kappa shape index (κ1) is 23.3. The van der Waals surface area contributed by atoms with Crippen molar-refractivity contribution >= 4 is 28.5 Å². The van der Waals surface area contributed by atoms with E-state index in [-0.39, 0.29) is 0 Å². The van der Waals surface area contributed by atoms with Crippen LogP contribution in [-0.2, 0) is 13.1 Å². The summed E-state index contributed by atoms with van der Waals surface area (Å²) < 4.78 is 0. The highest BCUT2D eigenvalue weighted by Crippen LogP contribution is 2.34. The molecule has 0 amide bonds. The van der Waals surface area contributed by atoms with Crippen molar-refractivity contribution in [1.82, 2.24) is 40.0 Å². The molecule has 2 fully saturated rings. The van der Waals surface area contributed by atoms with E-state index >= 15 is 0 Å². The first-order valence-electron chi connectivity index (χ1n) is 12.5. The lowest BCUT2D eigenvalue weighted by molar-refractivity contribution is 0.233. The van der Waals surface area contributed by atoms with Gasteiger partial charge < -0.3 is 15.2 Å². The van der Waals surface area contributed by atoms with E-state index in [1.165, 1.54) is 5.56 Å². The van der Waals surface area contributed by atoms with Gasteiger partial charge in [0.1, 0.15) is 17.7 Å². The lowest BCUT2D eigenvalue weighted by atomic mass is 10.1. The standard InChI is InChI=1S/C26H30ClN9/c27-22-15-31-26-23(24(22)36-11-9-35(10-12-36)17-20-13-29-18-30-14-20)32-25(33-26)21-3-1-19(2-4-21)16-34-7-5-28-6-8-34/h1-4,13-15,18,28H,5-12,16-17H2,(H,31,32,33). The molecule has 0 atom stereocenters. The second-order valence-corrected chi connectivity index (χ2v) is 9.88. The van der Waals surface area contributed by atoms with E-state index in [9.17, 15) is 0 Å². The molecule has 0 spiro atoms. The predicted octanol–water partition coefficient (Wildman–Crippen LogP) is 2.80. The Kier molecular flexibility index (Phi) is 6.78. The van der Waals surface area contributed by atoms with E-state index in [0.717, 1.165) is 99.3 Å². The molecule has 0 radical (unpaired) electrons. The molecule has 36 heavy (non-hydrogen) atoms. The molecule has 3 aromatic heterocycles. The van der Waals surface area contributed by atoms with Crippen LogP contribution in [0.25, 0.3) is 22.6 Å². The molecule has 0 bridgehead atoms. The molecule has 4 aromatic rings. The van der Waals surface area contributed by atoms with Crippen LogP contribution >= 0.6 is 11.6 Å². The van der Waals surface area contributed by atoms with Crippen LogP contribution in [-0.4, -0.2) is 87.1 Å². The van der Waals surface area contributed by atoms with E-state index in [1.807, 2.05) is 12.4 Å². The quantitative estimate of drug-likeness (QED) is 0.415.